The zero-order valence-electron chi connectivity index (χ0n) is 21.9. The Hall–Kier alpha value is -4.45. The van der Waals surface area contributed by atoms with Crippen molar-refractivity contribution in [3.8, 4) is 23.0 Å². The lowest BCUT2D eigenvalue weighted by Crippen LogP contribution is -2.45. The second-order valence-electron chi connectivity index (χ2n) is 8.03. The molecule has 2 aromatic carbocycles. The van der Waals surface area contributed by atoms with E-state index in [0.717, 1.165) is 5.56 Å². The Morgan fingerprint density at radius 2 is 1.82 bits per heavy atom. The van der Waals surface area contributed by atoms with Crippen molar-refractivity contribution in [1.82, 2.24) is 16.1 Å². The smallest absolute Gasteiger partial charge is 0.337 e. The van der Waals surface area contributed by atoms with Crippen molar-refractivity contribution in [1.29, 1.82) is 0 Å². The first-order chi connectivity index (χ1) is 18.3. The van der Waals surface area contributed by atoms with Crippen LogP contribution in [0.2, 0.25) is 0 Å². The summed E-state index contributed by atoms with van der Waals surface area (Å²) < 4.78 is 26.8. The topological polar surface area (TPSA) is 149 Å². The number of nitrogens with one attached hydrogen (secondary N) is 3. The number of methoxy groups -OCH3 is 3. The number of hydrazone groups is 1. The number of amides is 2. The number of allylic oxidation sites excluding steroid dienone is 1. The van der Waals surface area contributed by atoms with Gasteiger partial charge < -0.3 is 39.4 Å². The summed E-state index contributed by atoms with van der Waals surface area (Å²) >= 11 is 0. The summed E-state index contributed by atoms with van der Waals surface area (Å²) in [6, 6.07) is 9.09. The van der Waals surface area contributed by atoms with Crippen LogP contribution in [0.1, 0.15) is 31.0 Å². The average molecular weight is 529 g/mol. The van der Waals surface area contributed by atoms with Crippen LogP contribution in [0.5, 0.6) is 23.0 Å². The van der Waals surface area contributed by atoms with Gasteiger partial charge in [0.25, 0.3) is 0 Å². The number of nitrogens with zero attached hydrogens (tertiary/aromatic N) is 1. The Labute approximate surface area is 220 Å². The molecule has 1 aliphatic heterocycles. The number of carbonyl (C=O) groups is 2. The number of hydrogen-bond acceptors (Lipinski definition) is 10. The molecule has 3 rings (SSSR count). The summed E-state index contributed by atoms with van der Waals surface area (Å²) in [6.07, 6.45) is 0.397. The standard InChI is InChI=1S/C26H32N4O8/c1-6-37-21-12-17(24-23(25(32)36-5)15(2)28-26(33)29-24)8-10-19(21)38-14-22(31)30-27-13-16-7-9-18(34-3)20(11-16)35-4/h7-13,22,24,30-31H,6,14H2,1-5H3,(H2,28,29,33)/b27-13-/t22-,24+/m1/s1. The van der Waals surface area contributed by atoms with Crippen molar-refractivity contribution in [2.75, 3.05) is 34.5 Å². The van der Waals surface area contributed by atoms with Crippen LogP contribution in [0.15, 0.2) is 52.8 Å². The molecule has 4 N–H and O–H groups in total. The molecule has 0 radical (unpaired) electrons. The molecule has 0 bridgehead atoms. The van der Waals surface area contributed by atoms with E-state index in [4.69, 9.17) is 23.7 Å². The van der Waals surface area contributed by atoms with Gasteiger partial charge in [-0.25, -0.2) is 9.59 Å². The Morgan fingerprint density at radius 3 is 2.50 bits per heavy atom. The number of urea groups is 1. The molecular weight excluding hydrogens is 496 g/mol. The first kappa shape index (κ1) is 28.1. The van der Waals surface area contributed by atoms with Crippen LogP contribution in [0.25, 0.3) is 0 Å². The fourth-order valence-electron chi connectivity index (χ4n) is 3.75. The highest BCUT2D eigenvalue weighted by atomic mass is 16.5. The molecule has 0 saturated heterocycles. The molecule has 0 saturated carbocycles. The molecule has 1 heterocycles. The van der Waals surface area contributed by atoms with Gasteiger partial charge in [-0.05, 0) is 55.3 Å². The highest BCUT2D eigenvalue weighted by Gasteiger charge is 2.32. The lowest BCUT2D eigenvalue weighted by Gasteiger charge is -2.28. The lowest BCUT2D eigenvalue weighted by atomic mass is 9.95. The van der Waals surface area contributed by atoms with Crippen LogP contribution in [-0.2, 0) is 9.53 Å². The largest absolute Gasteiger partial charge is 0.493 e. The lowest BCUT2D eigenvalue weighted by molar-refractivity contribution is -0.136. The molecule has 0 aromatic heterocycles. The number of carbonyl (C=O) groups excluding carboxylic acids is 2. The van der Waals surface area contributed by atoms with Gasteiger partial charge in [0.15, 0.2) is 29.2 Å². The number of aliphatic hydroxyl groups excluding tert-OH is 1. The van der Waals surface area contributed by atoms with Crippen molar-refractivity contribution >= 4 is 18.2 Å². The van der Waals surface area contributed by atoms with Gasteiger partial charge in [-0.15, -0.1) is 0 Å². The van der Waals surface area contributed by atoms with E-state index in [9.17, 15) is 14.7 Å². The minimum absolute atomic E-state index is 0.140. The summed E-state index contributed by atoms with van der Waals surface area (Å²) in [5.41, 5.74) is 4.59. The summed E-state index contributed by atoms with van der Waals surface area (Å²) in [6.45, 7) is 3.64. The molecule has 0 fully saturated rings. The maximum absolute atomic E-state index is 12.4. The van der Waals surface area contributed by atoms with E-state index in [1.807, 2.05) is 6.92 Å². The van der Waals surface area contributed by atoms with Gasteiger partial charge in [-0.2, -0.15) is 5.10 Å². The van der Waals surface area contributed by atoms with Gasteiger partial charge in [0.1, 0.15) is 6.61 Å². The van der Waals surface area contributed by atoms with Crippen molar-refractivity contribution in [2.24, 2.45) is 5.10 Å². The number of esters is 1. The normalized spacial score (nSPS) is 15.8. The predicted molar refractivity (Wildman–Crippen MR) is 139 cm³/mol. The molecule has 1 aliphatic rings. The molecule has 38 heavy (non-hydrogen) atoms. The quantitative estimate of drug-likeness (QED) is 0.141. The first-order valence-electron chi connectivity index (χ1n) is 11.8. The van der Waals surface area contributed by atoms with Gasteiger partial charge in [-0.3, -0.25) is 5.43 Å². The monoisotopic (exact) mass is 528 g/mol. The van der Waals surface area contributed by atoms with Crippen molar-refractivity contribution < 1.29 is 38.4 Å². The predicted octanol–water partition coefficient (Wildman–Crippen LogP) is 2.22. The average Bonchev–Trinajstić information content (AvgIpc) is 2.91. The van der Waals surface area contributed by atoms with Crippen LogP contribution >= 0.6 is 0 Å². The fraction of sp³-hybridized carbons (Fsp3) is 0.346. The molecular formula is C26H32N4O8. The highest BCUT2D eigenvalue weighted by Crippen LogP contribution is 2.35. The molecule has 2 atom stereocenters. The summed E-state index contributed by atoms with van der Waals surface area (Å²) in [5.74, 6) is 1.32. The number of benzene rings is 2. The van der Waals surface area contributed by atoms with E-state index >= 15 is 0 Å². The Kier molecular flexibility index (Phi) is 9.77. The SMILES string of the molecule is CCOc1cc([C@@H]2NC(=O)NC(C)=C2C(=O)OC)ccc1OC[C@@H](O)N/N=C\c1ccc(OC)c(OC)c1. The third-order valence-electron chi connectivity index (χ3n) is 5.52. The number of hydrogen-bond donors (Lipinski definition) is 4. The molecule has 0 aliphatic carbocycles. The molecule has 0 spiro atoms. The van der Waals surface area contributed by atoms with E-state index in [-0.39, 0.29) is 12.2 Å². The van der Waals surface area contributed by atoms with Crippen molar-refractivity contribution in [3.05, 3.63) is 58.8 Å². The van der Waals surface area contributed by atoms with Gasteiger partial charge in [-0.1, -0.05) is 6.07 Å². The number of rotatable bonds is 12. The molecule has 2 amide bonds. The summed E-state index contributed by atoms with van der Waals surface area (Å²) in [5, 5.41) is 19.6. The van der Waals surface area contributed by atoms with E-state index < -0.39 is 24.3 Å². The zero-order chi connectivity index (χ0) is 27.7. The third kappa shape index (κ3) is 6.85. The molecule has 12 heteroatoms. The van der Waals surface area contributed by atoms with Crippen LogP contribution < -0.4 is 35.0 Å². The van der Waals surface area contributed by atoms with E-state index in [1.54, 1.807) is 57.5 Å². The van der Waals surface area contributed by atoms with E-state index in [1.165, 1.54) is 13.3 Å². The van der Waals surface area contributed by atoms with Gasteiger partial charge in [0, 0.05) is 5.70 Å². The molecule has 2 aromatic rings. The second-order valence-corrected chi connectivity index (χ2v) is 8.03. The van der Waals surface area contributed by atoms with E-state index in [0.29, 0.717) is 40.9 Å². The highest BCUT2D eigenvalue weighted by molar-refractivity contribution is 5.95. The van der Waals surface area contributed by atoms with Crippen molar-refractivity contribution in [3.63, 3.8) is 0 Å². The maximum atomic E-state index is 12.4. The Bertz CT molecular complexity index is 1210. The van der Waals surface area contributed by atoms with Gasteiger partial charge in [0.05, 0.1) is 45.8 Å². The van der Waals surface area contributed by atoms with Crippen LogP contribution in [0.4, 0.5) is 4.79 Å². The minimum Gasteiger partial charge on any atom is -0.493 e. The zero-order valence-corrected chi connectivity index (χ0v) is 21.9. The summed E-state index contributed by atoms with van der Waals surface area (Å²) in [4.78, 5) is 24.5. The minimum atomic E-state index is -1.12. The molecule has 204 valence electrons. The summed E-state index contributed by atoms with van der Waals surface area (Å²) in [7, 11) is 4.37. The molecule has 0 unspecified atom stereocenters. The van der Waals surface area contributed by atoms with Crippen LogP contribution in [-0.4, -0.2) is 64.1 Å². The first-order valence-corrected chi connectivity index (χ1v) is 11.8. The van der Waals surface area contributed by atoms with Crippen LogP contribution in [0, 0.1) is 0 Å². The second kappa shape index (κ2) is 13.2. The number of aliphatic hydroxyl groups is 1. The van der Waals surface area contributed by atoms with Gasteiger partial charge in [0.2, 0.25) is 0 Å². The Balaban J connectivity index is 1.69. The van der Waals surface area contributed by atoms with Crippen molar-refractivity contribution in [2.45, 2.75) is 26.1 Å². The third-order valence-corrected chi connectivity index (χ3v) is 5.52. The Morgan fingerprint density at radius 1 is 1.08 bits per heavy atom. The fourth-order valence-corrected chi connectivity index (χ4v) is 3.75. The van der Waals surface area contributed by atoms with Crippen LogP contribution in [0.3, 0.4) is 0 Å². The number of ether oxygens (including phenoxy) is 5. The molecule has 12 nitrogen and oxygen atoms in total. The van der Waals surface area contributed by atoms with E-state index in [2.05, 4.69) is 21.2 Å². The van der Waals surface area contributed by atoms with Gasteiger partial charge >= 0.3 is 12.0 Å². The maximum Gasteiger partial charge on any atom is 0.337 e.